The largest absolute Gasteiger partial charge is 0.376 e. The van der Waals surface area contributed by atoms with Crippen molar-refractivity contribution in [1.82, 2.24) is 9.80 Å². The van der Waals surface area contributed by atoms with Gasteiger partial charge in [0, 0.05) is 26.2 Å². The van der Waals surface area contributed by atoms with Crippen molar-refractivity contribution in [3.05, 3.63) is 0 Å². The molecule has 2 saturated heterocycles. The van der Waals surface area contributed by atoms with Gasteiger partial charge in [0.15, 0.2) is 0 Å². The first-order valence-electron chi connectivity index (χ1n) is 9.79. The highest BCUT2D eigenvalue weighted by Gasteiger charge is 2.24. The summed E-state index contributed by atoms with van der Waals surface area (Å²) in [6.45, 7) is 13.2. The van der Waals surface area contributed by atoms with Crippen LogP contribution < -0.4 is 0 Å². The second-order valence-corrected chi connectivity index (χ2v) is 7.52. The van der Waals surface area contributed by atoms with Crippen molar-refractivity contribution in [3.63, 3.8) is 0 Å². The van der Waals surface area contributed by atoms with Crippen molar-refractivity contribution >= 4 is 5.91 Å². The van der Waals surface area contributed by atoms with Crippen LogP contribution in [0, 0.1) is 11.8 Å². The summed E-state index contributed by atoms with van der Waals surface area (Å²) in [5, 5.41) is 0. The fourth-order valence-corrected chi connectivity index (χ4v) is 3.73. The number of piperidine rings is 2. The zero-order chi connectivity index (χ0) is 17.4. The number of rotatable bonds is 8. The van der Waals surface area contributed by atoms with Gasteiger partial charge in [-0.3, -0.25) is 4.79 Å². The molecule has 0 aromatic heterocycles. The van der Waals surface area contributed by atoms with Gasteiger partial charge in [-0.1, -0.05) is 20.8 Å². The summed E-state index contributed by atoms with van der Waals surface area (Å²) in [4.78, 5) is 16.6. The Hall–Kier alpha value is -0.650. The monoisotopic (exact) mass is 340 g/mol. The third-order valence-electron chi connectivity index (χ3n) is 5.62. The summed E-state index contributed by atoms with van der Waals surface area (Å²) in [5.41, 5.74) is 0. The Morgan fingerprint density at radius 1 is 1.04 bits per heavy atom. The van der Waals surface area contributed by atoms with Crippen molar-refractivity contribution in [1.29, 1.82) is 0 Å². The van der Waals surface area contributed by atoms with Gasteiger partial charge < -0.3 is 19.3 Å². The van der Waals surface area contributed by atoms with E-state index in [9.17, 15) is 4.79 Å². The quantitative estimate of drug-likeness (QED) is 0.636. The Morgan fingerprint density at radius 3 is 2.29 bits per heavy atom. The molecule has 0 spiro atoms. The van der Waals surface area contributed by atoms with Crippen LogP contribution in [0.25, 0.3) is 0 Å². The predicted molar refractivity (Wildman–Crippen MR) is 96.0 cm³/mol. The lowest BCUT2D eigenvalue weighted by atomic mass is 9.87. The van der Waals surface area contributed by atoms with Crippen LogP contribution in [0.3, 0.4) is 0 Å². The van der Waals surface area contributed by atoms with E-state index in [-0.39, 0.29) is 12.5 Å². The van der Waals surface area contributed by atoms with Gasteiger partial charge in [0.1, 0.15) is 6.61 Å². The Kier molecular flexibility index (Phi) is 8.50. The number of carbonyl (C=O) groups is 1. The lowest BCUT2D eigenvalue weighted by molar-refractivity contribution is -0.138. The first-order valence-corrected chi connectivity index (χ1v) is 9.79. The van der Waals surface area contributed by atoms with Crippen LogP contribution in [0.5, 0.6) is 0 Å². The molecule has 2 rings (SSSR count). The van der Waals surface area contributed by atoms with Crippen molar-refractivity contribution in [3.8, 4) is 0 Å². The average molecular weight is 341 g/mol. The fraction of sp³-hybridized carbons (Fsp3) is 0.947. The Labute approximate surface area is 147 Å². The van der Waals surface area contributed by atoms with E-state index in [1.165, 1.54) is 0 Å². The van der Waals surface area contributed by atoms with Crippen LogP contribution in [-0.4, -0.2) is 74.4 Å². The SMILES string of the molecule is CCN1CCC(OCCOCC(=O)N2CCC(C(C)C)CC2)CC1. The number of amides is 1. The first kappa shape index (κ1) is 19.7. The molecule has 0 saturated carbocycles. The molecule has 2 fully saturated rings. The third kappa shape index (κ3) is 6.34. The molecule has 0 bridgehead atoms. The van der Waals surface area contributed by atoms with Crippen LogP contribution in [0.4, 0.5) is 0 Å². The topological polar surface area (TPSA) is 42.0 Å². The molecule has 2 heterocycles. The van der Waals surface area contributed by atoms with Gasteiger partial charge in [-0.25, -0.2) is 0 Å². The van der Waals surface area contributed by atoms with Crippen molar-refractivity contribution in [2.75, 3.05) is 52.5 Å². The smallest absolute Gasteiger partial charge is 0.248 e. The van der Waals surface area contributed by atoms with Crippen molar-refractivity contribution < 1.29 is 14.3 Å². The molecule has 0 N–H and O–H groups in total. The molecule has 1 amide bonds. The lowest BCUT2D eigenvalue weighted by Gasteiger charge is -2.33. The maximum atomic E-state index is 12.2. The Bertz CT molecular complexity index is 360. The standard InChI is InChI=1S/C19H36N2O3/c1-4-20-9-7-18(8-10-20)24-14-13-23-15-19(22)21-11-5-17(6-12-21)16(2)3/h16-18H,4-15H2,1-3H3. The van der Waals surface area contributed by atoms with Gasteiger partial charge in [-0.2, -0.15) is 0 Å². The van der Waals surface area contributed by atoms with Crippen LogP contribution >= 0.6 is 0 Å². The van der Waals surface area contributed by atoms with Crippen molar-refractivity contribution in [2.24, 2.45) is 11.8 Å². The molecule has 2 aliphatic heterocycles. The molecule has 140 valence electrons. The number of hydrogen-bond donors (Lipinski definition) is 0. The minimum Gasteiger partial charge on any atom is -0.376 e. The van der Waals surface area contributed by atoms with E-state index in [0.717, 1.165) is 70.2 Å². The summed E-state index contributed by atoms with van der Waals surface area (Å²) in [7, 11) is 0. The maximum absolute atomic E-state index is 12.2. The zero-order valence-electron chi connectivity index (χ0n) is 15.8. The van der Waals surface area contributed by atoms with E-state index in [0.29, 0.717) is 19.3 Å². The van der Waals surface area contributed by atoms with Crippen LogP contribution in [0.1, 0.15) is 46.5 Å². The normalized spacial score (nSPS) is 21.6. The van der Waals surface area contributed by atoms with E-state index >= 15 is 0 Å². The molecule has 2 aliphatic rings. The number of carbonyl (C=O) groups excluding carboxylic acids is 1. The zero-order valence-corrected chi connectivity index (χ0v) is 15.8. The second kappa shape index (κ2) is 10.4. The molecule has 5 heteroatoms. The van der Waals surface area contributed by atoms with E-state index < -0.39 is 0 Å². The second-order valence-electron chi connectivity index (χ2n) is 7.52. The minimum atomic E-state index is 0.133. The van der Waals surface area contributed by atoms with Gasteiger partial charge in [0.25, 0.3) is 0 Å². The minimum absolute atomic E-state index is 0.133. The summed E-state index contributed by atoms with van der Waals surface area (Å²) < 4.78 is 11.4. The highest BCUT2D eigenvalue weighted by atomic mass is 16.5. The van der Waals surface area contributed by atoms with Crippen LogP contribution in [-0.2, 0) is 14.3 Å². The van der Waals surface area contributed by atoms with Crippen LogP contribution in [0.15, 0.2) is 0 Å². The Morgan fingerprint density at radius 2 is 1.71 bits per heavy atom. The van der Waals surface area contributed by atoms with E-state index in [2.05, 4.69) is 25.7 Å². The predicted octanol–water partition coefficient (Wildman–Crippen LogP) is 2.40. The highest BCUT2D eigenvalue weighted by molar-refractivity contribution is 5.77. The molecule has 24 heavy (non-hydrogen) atoms. The molecule has 5 nitrogen and oxygen atoms in total. The first-order chi connectivity index (χ1) is 11.6. The molecule has 0 aliphatic carbocycles. The lowest BCUT2D eigenvalue weighted by Crippen LogP contribution is -2.41. The van der Waals surface area contributed by atoms with Gasteiger partial charge >= 0.3 is 0 Å². The van der Waals surface area contributed by atoms with Gasteiger partial charge in [0.2, 0.25) is 5.91 Å². The number of likely N-dealkylation sites (tertiary alicyclic amines) is 2. The van der Waals surface area contributed by atoms with Gasteiger partial charge in [-0.05, 0) is 44.1 Å². The van der Waals surface area contributed by atoms with E-state index in [4.69, 9.17) is 9.47 Å². The van der Waals surface area contributed by atoms with Gasteiger partial charge in [0.05, 0.1) is 19.3 Å². The summed E-state index contributed by atoms with van der Waals surface area (Å²) in [6, 6.07) is 0. The molecule has 0 radical (unpaired) electrons. The number of ether oxygens (including phenoxy) is 2. The van der Waals surface area contributed by atoms with E-state index in [1.54, 1.807) is 0 Å². The van der Waals surface area contributed by atoms with Gasteiger partial charge in [-0.15, -0.1) is 0 Å². The summed E-state index contributed by atoms with van der Waals surface area (Å²) in [6.07, 6.45) is 4.84. The number of nitrogens with zero attached hydrogens (tertiary/aromatic N) is 2. The third-order valence-corrected chi connectivity index (χ3v) is 5.62. The molecule has 0 atom stereocenters. The maximum Gasteiger partial charge on any atom is 0.248 e. The molecule has 0 unspecified atom stereocenters. The number of hydrogen-bond acceptors (Lipinski definition) is 4. The molecule has 0 aromatic carbocycles. The summed E-state index contributed by atoms with van der Waals surface area (Å²) in [5.74, 6) is 1.62. The average Bonchev–Trinajstić information content (AvgIpc) is 2.62. The highest BCUT2D eigenvalue weighted by Crippen LogP contribution is 2.24. The Balaban J connectivity index is 1.49. The molecular weight excluding hydrogens is 304 g/mol. The molecular formula is C19H36N2O3. The van der Waals surface area contributed by atoms with E-state index in [1.807, 2.05) is 4.90 Å². The summed E-state index contributed by atoms with van der Waals surface area (Å²) >= 11 is 0. The van der Waals surface area contributed by atoms with Crippen molar-refractivity contribution in [2.45, 2.75) is 52.6 Å². The van der Waals surface area contributed by atoms with Crippen LogP contribution in [0.2, 0.25) is 0 Å². The molecule has 0 aromatic rings. The fourth-order valence-electron chi connectivity index (χ4n) is 3.73.